The Bertz CT molecular complexity index is 319. The summed E-state index contributed by atoms with van der Waals surface area (Å²) in [5, 5.41) is 10.3. The lowest BCUT2D eigenvalue weighted by atomic mass is 10.0. The topological polar surface area (TPSA) is 101 Å². The van der Waals surface area contributed by atoms with E-state index < -0.39 is 36.4 Å². The maximum Gasteiger partial charge on any atom is 0.303 e. The van der Waals surface area contributed by atoms with Gasteiger partial charge in [0.25, 0.3) is 0 Å². The van der Waals surface area contributed by atoms with E-state index in [1.807, 2.05) is 0 Å². The number of carbonyl (C=O) groups is 2. The average molecular weight is 308 g/mol. The Morgan fingerprint density at radius 2 is 1.57 bits per heavy atom. The van der Waals surface area contributed by atoms with Gasteiger partial charge in [-0.25, -0.2) is 0 Å². The normalized spacial score (nSPS) is 16.7. The first-order valence-electron chi connectivity index (χ1n) is 6.40. The van der Waals surface area contributed by atoms with Crippen molar-refractivity contribution in [1.82, 2.24) is 0 Å². The van der Waals surface area contributed by atoms with Crippen LogP contribution in [0.2, 0.25) is 0 Å². The minimum Gasteiger partial charge on any atom is -0.463 e. The number of ether oxygens (including phenoxy) is 5. The smallest absolute Gasteiger partial charge is 0.303 e. The predicted molar refractivity (Wildman–Crippen MR) is 71.7 cm³/mol. The van der Waals surface area contributed by atoms with E-state index in [1.54, 1.807) is 0 Å². The van der Waals surface area contributed by atoms with Gasteiger partial charge in [0.05, 0.1) is 6.61 Å². The largest absolute Gasteiger partial charge is 0.463 e. The Kier molecular flexibility index (Phi) is 9.89. The van der Waals surface area contributed by atoms with E-state index >= 15 is 0 Å². The molecule has 0 aliphatic heterocycles. The van der Waals surface area contributed by atoms with Crippen LogP contribution < -0.4 is 0 Å². The summed E-state index contributed by atoms with van der Waals surface area (Å²) < 4.78 is 25.1. The number of methoxy groups -OCH3 is 3. The van der Waals surface area contributed by atoms with E-state index in [0.29, 0.717) is 0 Å². The van der Waals surface area contributed by atoms with Crippen LogP contribution in [0.1, 0.15) is 13.8 Å². The van der Waals surface area contributed by atoms with Gasteiger partial charge < -0.3 is 28.8 Å². The first-order chi connectivity index (χ1) is 9.87. The molecule has 0 aromatic heterocycles. The number of aliphatic hydroxyl groups is 1. The average Bonchev–Trinajstić information content (AvgIpc) is 2.41. The van der Waals surface area contributed by atoms with Crippen molar-refractivity contribution in [3.63, 3.8) is 0 Å². The number of carbonyl (C=O) groups excluding carboxylic acids is 2. The number of hydrogen-bond donors (Lipinski definition) is 1. The zero-order valence-corrected chi connectivity index (χ0v) is 13.0. The maximum atomic E-state index is 11.1. The Hall–Kier alpha value is -1.22. The van der Waals surface area contributed by atoms with Gasteiger partial charge in [0, 0.05) is 35.2 Å². The molecule has 8 heteroatoms. The van der Waals surface area contributed by atoms with Crippen LogP contribution in [0, 0.1) is 0 Å². The lowest BCUT2D eigenvalue weighted by Crippen LogP contribution is -2.50. The van der Waals surface area contributed by atoms with Crippen LogP contribution in [0.4, 0.5) is 0 Å². The predicted octanol–water partition coefficient (Wildman–Crippen LogP) is -0.481. The summed E-state index contributed by atoms with van der Waals surface area (Å²) in [7, 11) is 4.17. The van der Waals surface area contributed by atoms with Gasteiger partial charge in [-0.1, -0.05) is 0 Å². The molecule has 0 rings (SSSR count). The molecule has 21 heavy (non-hydrogen) atoms. The minimum atomic E-state index is -1.21. The van der Waals surface area contributed by atoms with Crippen LogP contribution in [-0.2, 0) is 33.3 Å². The van der Waals surface area contributed by atoms with Gasteiger partial charge in [0.15, 0.2) is 6.10 Å². The summed E-state index contributed by atoms with van der Waals surface area (Å²) in [5.74, 6) is -1.03. The molecule has 0 spiro atoms. The molecule has 0 heterocycles. The molecule has 0 aromatic carbocycles. The minimum absolute atomic E-state index is 0.00932. The van der Waals surface area contributed by atoms with Crippen molar-refractivity contribution in [3.05, 3.63) is 0 Å². The molecule has 1 N–H and O–H groups in total. The number of aliphatic hydroxyl groups excluding tert-OH is 1. The number of esters is 2. The zero-order chi connectivity index (χ0) is 16.4. The van der Waals surface area contributed by atoms with E-state index in [0.717, 1.165) is 0 Å². The van der Waals surface area contributed by atoms with Crippen molar-refractivity contribution in [2.75, 3.05) is 34.5 Å². The molecule has 0 unspecified atom stereocenters. The third kappa shape index (κ3) is 7.37. The molecule has 124 valence electrons. The Morgan fingerprint density at radius 1 is 0.952 bits per heavy atom. The number of hydrogen-bond acceptors (Lipinski definition) is 8. The van der Waals surface area contributed by atoms with Crippen molar-refractivity contribution < 1.29 is 38.4 Å². The quantitative estimate of drug-likeness (QED) is 0.540. The monoisotopic (exact) mass is 308 g/mol. The molecule has 0 saturated carbocycles. The Balaban J connectivity index is 4.90. The van der Waals surface area contributed by atoms with Gasteiger partial charge in [0.1, 0.15) is 24.9 Å². The van der Waals surface area contributed by atoms with Crippen LogP contribution in [0.5, 0.6) is 0 Å². The molecule has 0 aliphatic carbocycles. The highest BCUT2D eigenvalue weighted by atomic mass is 16.6. The summed E-state index contributed by atoms with van der Waals surface area (Å²) in [6.07, 6.45) is -3.72. The van der Waals surface area contributed by atoms with E-state index in [1.165, 1.54) is 35.2 Å². The summed E-state index contributed by atoms with van der Waals surface area (Å²) in [6, 6.07) is 0. The van der Waals surface area contributed by atoms with Crippen molar-refractivity contribution in [3.8, 4) is 0 Å². The fraction of sp³-hybridized carbons (Fsp3) is 0.846. The first kappa shape index (κ1) is 19.8. The highest BCUT2D eigenvalue weighted by Gasteiger charge is 2.36. The van der Waals surface area contributed by atoms with E-state index in [4.69, 9.17) is 23.7 Å². The number of rotatable bonds is 10. The maximum absolute atomic E-state index is 11.1. The SMILES string of the molecule is COC[C@@H](OC(C)=O)[C@@H](O)[C@H](OC)[C@H](COC(C)=O)OC. The summed E-state index contributed by atoms with van der Waals surface area (Å²) in [4.78, 5) is 21.9. The van der Waals surface area contributed by atoms with Gasteiger partial charge in [-0.2, -0.15) is 0 Å². The first-order valence-corrected chi connectivity index (χ1v) is 6.40. The summed E-state index contributed by atoms with van der Waals surface area (Å²) in [5.41, 5.74) is 0. The third-order valence-electron chi connectivity index (χ3n) is 2.76. The highest BCUT2D eigenvalue weighted by molar-refractivity contribution is 5.66. The van der Waals surface area contributed by atoms with Crippen LogP contribution in [-0.4, -0.2) is 76.0 Å². The molecule has 8 nitrogen and oxygen atoms in total. The zero-order valence-electron chi connectivity index (χ0n) is 13.0. The molecule has 0 radical (unpaired) electrons. The van der Waals surface area contributed by atoms with Crippen LogP contribution >= 0.6 is 0 Å². The van der Waals surface area contributed by atoms with Crippen molar-refractivity contribution in [2.45, 2.75) is 38.3 Å². The molecule has 4 atom stereocenters. The second-order valence-corrected chi connectivity index (χ2v) is 4.37. The summed E-state index contributed by atoms with van der Waals surface area (Å²) in [6.45, 7) is 2.38. The van der Waals surface area contributed by atoms with E-state index in [2.05, 4.69) is 0 Å². The molecule has 0 amide bonds. The van der Waals surface area contributed by atoms with Crippen LogP contribution in [0.25, 0.3) is 0 Å². The van der Waals surface area contributed by atoms with Gasteiger partial charge in [0.2, 0.25) is 0 Å². The van der Waals surface area contributed by atoms with E-state index in [9.17, 15) is 14.7 Å². The molecule has 0 bridgehead atoms. The van der Waals surface area contributed by atoms with Gasteiger partial charge in [-0.05, 0) is 0 Å². The van der Waals surface area contributed by atoms with Gasteiger partial charge >= 0.3 is 11.9 Å². The van der Waals surface area contributed by atoms with Crippen molar-refractivity contribution in [2.24, 2.45) is 0 Å². The highest BCUT2D eigenvalue weighted by Crippen LogP contribution is 2.15. The van der Waals surface area contributed by atoms with Crippen molar-refractivity contribution >= 4 is 11.9 Å². The van der Waals surface area contributed by atoms with Crippen molar-refractivity contribution in [1.29, 1.82) is 0 Å². The molecular formula is C13H24O8. The second-order valence-electron chi connectivity index (χ2n) is 4.37. The third-order valence-corrected chi connectivity index (χ3v) is 2.76. The second kappa shape index (κ2) is 10.5. The Morgan fingerprint density at radius 3 is 1.95 bits per heavy atom. The lowest BCUT2D eigenvalue weighted by molar-refractivity contribution is -0.179. The fourth-order valence-electron chi connectivity index (χ4n) is 1.80. The lowest BCUT2D eigenvalue weighted by Gasteiger charge is -2.32. The van der Waals surface area contributed by atoms with Gasteiger partial charge in [-0.15, -0.1) is 0 Å². The molecule has 0 fully saturated rings. The fourth-order valence-corrected chi connectivity index (χ4v) is 1.80. The molecule has 0 aromatic rings. The van der Waals surface area contributed by atoms with Crippen LogP contribution in [0.3, 0.4) is 0 Å². The molecule has 0 saturated heterocycles. The van der Waals surface area contributed by atoms with Gasteiger partial charge in [-0.3, -0.25) is 9.59 Å². The van der Waals surface area contributed by atoms with Crippen LogP contribution in [0.15, 0.2) is 0 Å². The molecule has 0 aliphatic rings. The van der Waals surface area contributed by atoms with E-state index in [-0.39, 0.29) is 13.2 Å². The standard InChI is InChI=1S/C13H24O8/c1-8(14)20-7-11(18-4)13(19-5)12(16)10(6-17-3)21-9(2)15/h10-13,16H,6-7H2,1-5H3/t10-,11+,12-,13-/m1/s1. The molecular weight excluding hydrogens is 284 g/mol. The summed E-state index contributed by atoms with van der Waals surface area (Å²) >= 11 is 0. The Labute approximate surface area is 124 Å².